The maximum Gasteiger partial charge on any atom is 0.278 e. The predicted octanol–water partition coefficient (Wildman–Crippen LogP) is -0.0756. The first-order valence-corrected chi connectivity index (χ1v) is 10.3. The van der Waals surface area contributed by atoms with Crippen molar-refractivity contribution < 1.29 is 18.1 Å². The van der Waals surface area contributed by atoms with Crippen LogP contribution in [0.25, 0.3) is 0 Å². The topological polar surface area (TPSA) is 70.9 Å². The lowest BCUT2D eigenvalue weighted by molar-refractivity contribution is -0.917. The summed E-state index contributed by atoms with van der Waals surface area (Å²) < 4.78 is 27.8. The largest absolute Gasteiger partial charge is 0.351 e. The van der Waals surface area contributed by atoms with E-state index in [2.05, 4.69) is 21.2 Å². The maximum absolute atomic E-state index is 12.5. The minimum absolute atomic E-state index is 0.0241. The number of hydrogen-bond acceptors (Lipinski definition) is 4. The number of likely N-dealkylation sites (N-methyl/N-ethyl adjacent to an activating group) is 1. The number of piperazine rings is 1. The Kier molecular flexibility index (Phi) is 6.00. The Morgan fingerprint density at radius 2 is 2.09 bits per heavy atom. The Labute approximate surface area is 143 Å². The zero-order valence-electron chi connectivity index (χ0n) is 12.6. The SMILES string of the molecule is CCNC(=O)[C@@H](C)[NH+]1CCN(S(=O)(=O)c2ccc(Br)s2)CC1. The lowest BCUT2D eigenvalue weighted by Gasteiger charge is -2.33. The quantitative estimate of drug-likeness (QED) is 0.713. The highest BCUT2D eigenvalue weighted by atomic mass is 79.9. The molecule has 1 aromatic heterocycles. The van der Waals surface area contributed by atoms with Crippen molar-refractivity contribution in [1.82, 2.24) is 9.62 Å². The van der Waals surface area contributed by atoms with Gasteiger partial charge < -0.3 is 10.2 Å². The number of carbonyl (C=O) groups excluding carboxylic acids is 1. The molecule has 124 valence electrons. The van der Waals surface area contributed by atoms with E-state index in [1.54, 1.807) is 12.1 Å². The summed E-state index contributed by atoms with van der Waals surface area (Å²) in [5.41, 5.74) is 0. The molecule has 0 spiro atoms. The molecule has 1 amide bonds. The summed E-state index contributed by atoms with van der Waals surface area (Å²) in [7, 11) is -3.41. The lowest BCUT2D eigenvalue weighted by atomic mass is 10.2. The van der Waals surface area contributed by atoms with E-state index in [1.165, 1.54) is 15.6 Å². The molecule has 1 aliphatic heterocycles. The number of halogens is 1. The van der Waals surface area contributed by atoms with Gasteiger partial charge in [0.05, 0.1) is 30.0 Å². The van der Waals surface area contributed by atoms with E-state index < -0.39 is 10.0 Å². The molecule has 2 N–H and O–H groups in total. The molecule has 9 heteroatoms. The highest BCUT2D eigenvalue weighted by Crippen LogP contribution is 2.28. The smallest absolute Gasteiger partial charge is 0.278 e. The lowest BCUT2D eigenvalue weighted by Crippen LogP contribution is -3.19. The van der Waals surface area contributed by atoms with Crippen molar-refractivity contribution in [2.45, 2.75) is 24.1 Å². The number of thiophene rings is 1. The molecule has 2 heterocycles. The van der Waals surface area contributed by atoms with Gasteiger partial charge in [-0.15, -0.1) is 11.3 Å². The number of sulfonamides is 1. The molecule has 22 heavy (non-hydrogen) atoms. The summed E-state index contributed by atoms with van der Waals surface area (Å²) in [6, 6.07) is 3.22. The molecule has 1 aliphatic rings. The molecular weight excluding hydrogens is 390 g/mol. The van der Waals surface area contributed by atoms with Crippen LogP contribution in [-0.4, -0.2) is 57.4 Å². The third kappa shape index (κ3) is 3.88. The van der Waals surface area contributed by atoms with Gasteiger partial charge in [-0.2, -0.15) is 4.31 Å². The predicted molar refractivity (Wildman–Crippen MR) is 89.6 cm³/mol. The summed E-state index contributed by atoms with van der Waals surface area (Å²) in [5.74, 6) is 0.0241. The van der Waals surface area contributed by atoms with Crippen LogP contribution in [0.4, 0.5) is 0 Å². The van der Waals surface area contributed by atoms with E-state index >= 15 is 0 Å². The van der Waals surface area contributed by atoms with E-state index in [4.69, 9.17) is 0 Å². The van der Waals surface area contributed by atoms with E-state index in [9.17, 15) is 13.2 Å². The first-order chi connectivity index (χ1) is 10.4. The van der Waals surface area contributed by atoms with Crippen molar-refractivity contribution >= 4 is 43.2 Å². The molecule has 0 radical (unpaired) electrons. The second-order valence-electron chi connectivity index (χ2n) is 5.24. The van der Waals surface area contributed by atoms with E-state index in [0.29, 0.717) is 36.9 Å². The van der Waals surface area contributed by atoms with Crippen molar-refractivity contribution in [2.24, 2.45) is 0 Å². The van der Waals surface area contributed by atoms with Crippen molar-refractivity contribution in [3.8, 4) is 0 Å². The fourth-order valence-corrected chi connectivity index (χ4v) is 6.13. The van der Waals surface area contributed by atoms with Gasteiger partial charge >= 0.3 is 0 Å². The fraction of sp³-hybridized carbons (Fsp3) is 0.615. The Hall–Kier alpha value is -0.480. The van der Waals surface area contributed by atoms with E-state index in [0.717, 1.165) is 8.69 Å². The second-order valence-corrected chi connectivity index (χ2v) is 9.86. The van der Waals surface area contributed by atoms with Gasteiger partial charge in [0.25, 0.3) is 15.9 Å². The standard InChI is InChI=1S/C13H20BrN3O3S2/c1-3-15-13(18)10(2)16-6-8-17(9-7-16)22(19,20)12-5-4-11(14)21-12/h4-5,10H,3,6-9H2,1-2H3,(H,15,18)/p+1/t10-/m1/s1. The summed E-state index contributed by atoms with van der Waals surface area (Å²) in [5, 5.41) is 2.82. The minimum Gasteiger partial charge on any atom is -0.351 e. The molecule has 1 fully saturated rings. The van der Waals surface area contributed by atoms with E-state index in [-0.39, 0.29) is 11.9 Å². The minimum atomic E-state index is -3.41. The molecule has 0 bridgehead atoms. The summed E-state index contributed by atoms with van der Waals surface area (Å²) >= 11 is 4.52. The third-order valence-corrected chi connectivity index (χ3v) is 7.85. The van der Waals surface area contributed by atoms with Crippen molar-refractivity contribution in [2.75, 3.05) is 32.7 Å². The molecule has 0 unspecified atom stereocenters. The molecule has 1 atom stereocenters. The molecule has 0 aromatic carbocycles. The second kappa shape index (κ2) is 7.39. The number of carbonyl (C=O) groups is 1. The van der Waals surface area contributed by atoms with Gasteiger partial charge in [0.1, 0.15) is 4.21 Å². The zero-order valence-corrected chi connectivity index (χ0v) is 15.9. The van der Waals surface area contributed by atoms with Crippen molar-refractivity contribution in [1.29, 1.82) is 0 Å². The van der Waals surface area contributed by atoms with Gasteiger partial charge in [-0.3, -0.25) is 4.79 Å². The van der Waals surface area contributed by atoms with Crippen LogP contribution in [0.2, 0.25) is 0 Å². The maximum atomic E-state index is 12.5. The summed E-state index contributed by atoms with van der Waals surface area (Å²) in [4.78, 5) is 13.0. The van der Waals surface area contributed by atoms with Gasteiger partial charge in [-0.25, -0.2) is 8.42 Å². The summed E-state index contributed by atoms with van der Waals surface area (Å²) in [6.07, 6.45) is 0. The van der Waals surface area contributed by atoms with Crippen molar-refractivity contribution in [3.05, 3.63) is 15.9 Å². The first-order valence-electron chi connectivity index (χ1n) is 7.24. The Balaban J connectivity index is 1.99. The van der Waals surface area contributed by atoms with Crippen molar-refractivity contribution in [3.63, 3.8) is 0 Å². The highest BCUT2D eigenvalue weighted by molar-refractivity contribution is 9.11. The first kappa shape index (κ1) is 17.9. The molecule has 2 rings (SSSR count). The van der Waals surface area contributed by atoms with Crippen LogP contribution in [0.1, 0.15) is 13.8 Å². The molecule has 0 saturated carbocycles. The number of nitrogens with one attached hydrogen (secondary N) is 2. The average molecular weight is 411 g/mol. The number of nitrogens with zero attached hydrogens (tertiary/aromatic N) is 1. The van der Waals surface area contributed by atoms with Crippen LogP contribution in [-0.2, 0) is 14.8 Å². The Bertz CT molecular complexity index is 624. The van der Waals surface area contributed by atoms with Gasteiger partial charge in [0.15, 0.2) is 6.04 Å². The van der Waals surface area contributed by atoms with Crippen LogP contribution in [0.5, 0.6) is 0 Å². The van der Waals surface area contributed by atoms with Crippen LogP contribution in [0.3, 0.4) is 0 Å². The third-order valence-electron chi connectivity index (χ3n) is 3.86. The molecular formula is C13H21BrN3O3S2+. The summed E-state index contributed by atoms with van der Waals surface area (Å²) in [6.45, 7) is 6.57. The molecule has 1 saturated heterocycles. The number of amides is 1. The fourth-order valence-electron chi connectivity index (χ4n) is 2.52. The monoisotopic (exact) mass is 410 g/mol. The zero-order chi connectivity index (χ0) is 16.3. The molecule has 6 nitrogen and oxygen atoms in total. The average Bonchev–Trinajstić information content (AvgIpc) is 2.94. The number of quaternary nitrogens is 1. The number of hydrogen-bond donors (Lipinski definition) is 2. The van der Waals surface area contributed by atoms with Crippen LogP contribution >= 0.6 is 27.3 Å². The normalized spacial score (nSPS) is 19.0. The molecule has 0 aliphatic carbocycles. The van der Waals surface area contributed by atoms with Gasteiger partial charge in [0.2, 0.25) is 0 Å². The van der Waals surface area contributed by atoms with Crippen LogP contribution in [0.15, 0.2) is 20.1 Å². The van der Waals surface area contributed by atoms with E-state index in [1.807, 2.05) is 13.8 Å². The van der Waals surface area contributed by atoms with Gasteiger partial charge in [-0.1, -0.05) is 0 Å². The Morgan fingerprint density at radius 1 is 1.45 bits per heavy atom. The number of rotatable bonds is 5. The molecule has 1 aromatic rings. The van der Waals surface area contributed by atoms with Gasteiger partial charge in [0, 0.05) is 6.54 Å². The van der Waals surface area contributed by atoms with Gasteiger partial charge in [-0.05, 0) is 41.9 Å². The highest BCUT2D eigenvalue weighted by Gasteiger charge is 2.34. The van der Waals surface area contributed by atoms with Crippen LogP contribution < -0.4 is 10.2 Å². The van der Waals surface area contributed by atoms with Crippen LogP contribution in [0, 0.1) is 0 Å². The Morgan fingerprint density at radius 3 is 2.59 bits per heavy atom.